The van der Waals surface area contributed by atoms with Gasteiger partial charge in [0.2, 0.25) is 0 Å². The first-order chi connectivity index (χ1) is 11.2. The van der Waals surface area contributed by atoms with Crippen molar-refractivity contribution in [3.8, 4) is 0 Å². The Morgan fingerprint density at radius 2 is 2.21 bits per heavy atom. The molecule has 0 radical (unpaired) electrons. The number of rotatable bonds is 4. The first kappa shape index (κ1) is 18.9. The quantitative estimate of drug-likeness (QED) is 0.789. The molecule has 0 saturated carbocycles. The highest BCUT2D eigenvalue weighted by Gasteiger charge is 2.32. The van der Waals surface area contributed by atoms with Gasteiger partial charge in [0.25, 0.3) is 5.91 Å². The van der Waals surface area contributed by atoms with E-state index in [0.29, 0.717) is 18.1 Å². The van der Waals surface area contributed by atoms with Gasteiger partial charge in [-0.1, -0.05) is 23.1 Å². The number of carbonyl (C=O) groups excluding carboxylic acids is 2. The second-order valence-corrected chi connectivity index (χ2v) is 8.66. The summed E-state index contributed by atoms with van der Waals surface area (Å²) < 4.78 is 6.18. The molecule has 1 saturated heterocycles. The number of nitrogen functional groups attached to an aromatic ring is 1. The number of anilines is 1. The summed E-state index contributed by atoms with van der Waals surface area (Å²) in [5.74, 6) is -0.305. The lowest BCUT2D eigenvalue weighted by atomic mass is 10.2. The molecule has 0 spiro atoms. The van der Waals surface area contributed by atoms with E-state index in [0.717, 1.165) is 17.2 Å². The molecule has 2 heterocycles. The average Bonchev–Trinajstić information content (AvgIpc) is 3.09. The van der Waals surface area contributed by atoms with E-state index in [1.807, 2.05) is 27.0 Å². The number of nitrogens with zero attached hydrogens (tertiary/aromatic N) is 2. The highest BCUT2D eigenvalue weighted by molar-refractivity contribution is 8.00. The maximum Gasteiger partial charge on any atom is 0.410 e. The summed E-state index contributed by atoms with van der Waals surface area (Å²) in [4.78, 5) is 30.4. The zero-order valence-electron chi connectivity index (χ0n) is 14.4. The summed E-state index contributed by atoms with van der Waals surface area (Å²) in [6.07, 6.45) is 3.28. The number of nitrogens with one attached hydrogen (secondary N) is 1. The third kappa shape index (κ3) is 4.76. The standard InChI is InChI=1S/C15H24N4O3S2/c1-15(2,3)22-14(21)19-7-5-6-9(19)8-17-12(20)10-11(16)24-13(18-10)23-4/h9H,5-8,16H2,1-4H3,(H,17,20). The van der Waals surface area contributed by atoms with Crippen LogP contribution in [0.1, 0.15) is 44.1 Å². The molecule has 1 aromatic rings. The Hall–Kier alpha value is -1.48. The van der Waals surface area contributed by atoms with E-state index < -0.39 is 5.60 Å². The van der Waals surface area contributed by atoms with Gasteiger partial charge in [0.05, 0.1) is 6.04 Å². The number of likely N-dealkylation sites (tertiary alicyclic amines) is 1. The Kier molecular flexibility index (Phi) is 5.97. The van der Waals surface area contributed by atoms with Crippen LogP contribution in [0.5, 0.6) is 0 Å². The van der Waals surface area contributed by atoms with Crippen molar-refractivity contribution in [1.29, 1.82) is 0 Å². The molecule has 9 heteroatoms. The van der Waals surface area contributed by atoms with Gasteiger partial charge in [-0.15, -0.1) is 0 Å². The van der Waals surface area contributed by atoms with E-state index in [-0.39, 0.29) is 23.7 Å². The molecule has 0 aliphatic carbocycles. The highest BCUT2D eigenvalue weighted by atomic mass is 32.2. The summed E-state index contributed by atoms with van der Waals surface area (Å²) in [6, 6.07) is -0.0660. The van der Waals surface area contributed by atoms with Crippen LogP contribution in [-0.2, 0) is 4.74 Å². The second kappa shape index (κ2) is 7.60. The summed E-state index contributed by atoms with van der Waals surface area (Å²) >= 11 is 2.75. The number of ether oxygens (including phenoxy) is 1. The summed E-state index contributed by atoms with van der Waals surface area (Å²) in [5.41, 5.74) is 5.57. The van der Waals surface area contributed by atoms with Gasteiger partial charge in [0, 0.05) is 13.1 Å². The number of carbonyl (C=O) groups is 2. The molecule has 2 rings (SSSR count). The largest absolute Gasteiger partial charge is 0.444 e. The van der Waals surface area contributed by atoms with E-state index in [4.69, 9.17) is 10.5 Å². The predicted molar refractivity (Wildman–Crippen MR) is 96.6 cm³/mol. The molecule has 1 aliphatic heterocycles. The number of hydrogen-bond acceptors (Lipinski definition) is 7. The molecule has 0 bridgehead atoms. The molecule has 24 heavy (non-hydrogen) atoms. The van der Waals surface area contributed by atoms with Crippen LogP contribution in [0.4, 0.5) is 9.80 Å². The lowest BCUT2D eigenvalue weighted by molar-refractivity contribution is 0.0225. The molecule has 1 aliphatic rings. The number of aromatic nitrogens is 1. The number of hydrogen-bond donors (Lipinski definition) is 2. The Labute approximate surface area is 150 Å². The molecule has 134 valence electrons. The molecular weight excluding hydrogens is 348 g/mol. The van der Waals surface area contributed by atoms with Gasteiger partial charge in [-0.2, -0.15) is 0 Å². The third-order valence-electron chi connectivity index (χ3n) is 3.53. The molecule has 1 unspecified atom stereocenters. The van der Waals surface area contributed by atoms with Gasteiger partial charge in [-0.25, -0.2) is 9.78 Å². The van der Waals surface area contributed by atoms with E-state index in [1.165, 1.54) is 23.1 Å². The lowest BCUT2D eigenvalue weighted by Gasteiger charge is -2.28. The lowest BCUT2D eigenvalue weighted by Crippen LogP contribution is -2.45. The van der Waals surface area contributed by atoms with Gasteiger partial charge in [0.1, 0.15) is 10.6 Å². The Balaban J connectivity index is 1.93. The van der Waals surface area contributed by atoms with Gasteiger partial charge in [0.15, 0.2) is 10.0 Å². The molecule has 1 atom stereocenters. The van der Waals surface area contributed by atoms with Crippen molar-refractivity contribution in [2.45, 2.75) is 49.6 Å². The summed E-state index contributed by atoms with van der Waals surface area (Å²) in [6.45, 7) is 6.53. The van der Waals surface area contributed by atoms with Crippen molar-refractivity contribution < 1.29 is 14.3 Å². The molecule has 3 N–H and O–H groups in total. The predicted octanol–water partition coefficient (Wildman–Crippen LogP) is 2.58. The van der Waals surface area contributed by atoms with E-state index in [2.05, 4.69) is 10.3 Å². The highest BCUT2D eigenvalue weighted by Crippen LogP contribution is 2.27. The van der Waals surface area contributed by atoms with E-state index in [9.17, 15) is 9.59 Å². The maximum atomic E-state index is 12.3. The fourth-order valence-electron chi connectivity index (χ4n) is 2.46. The van der Waals surface area contributed by atoms with Crippen LogP contribution < -0.4 is 11.1 Å². The van der Waals surface area contributed by atoms with Crippen LogP contribution in [-0.4, -0.2) is 52.9 Å². The average molecular weight is 373 g/mol. The van der Waals surface area contributed by atoms with Crippen molar-refractivity contribution >= 4 is 40.1 Å². The Morgan fingerprint density at radius 3 is 2.79 bits per heavy atom. The molecule has 1 aromatic heterocycles. The van der Waals surface area contributed by atoms with Crippen molar-refractivity contribution in [1.82, 2.24) is 15.2 Å². The molecule has 2 amide bonds. The van der Waals surface area contributed by atoms with Crippen molar-refractivity contribution in [2.24, 2.45) is 0 Å². The van der Waals surface area contributed by atoms with Gasteiger partial charge in [-0.05, 0) is 39.9 Å². The zero-order chi connectivity index (χ0) is 17.9. The van der Waals surface area contributed by atoms with Crippen LogP contribution in [0.3, 0.4) is 0 Å². The second-order valence-electron chi connectivity index (χ2n) is 6.58. The minimum Gasteiger partial charge on any atom is -0.444 e. The van der Waals surface area contributed by atoms with Crippen molar-refractivity contribution in [3.63, 3.8) is 0 Å². The zero-order valence-corrected chi connectivity index (χ0v) is 16.1. The number of amides is 2. The number of nitrogens with two attached hydrogens (primary N) is 1. The van der Waals surface area contributed by atoms with Crippen LogP contribution in [0.25, 0.3) is 0 Å². The number of thiazole rings is 1. The molecular formula is C15H24N4O3S2. The first-order valence-electron chi connectivity index (χ1n) is 7.79. The summed E-state index contributed by atoms with van der Waals surface area (Å²) in [5, 5.41) is 3.24. The fraction of sp³-hybridized carbons (Fsp3) is 0.667. The maximum absolute atomic E-state index is 12.3. The van der Waals surface area contributed by atoms with Gasteiger partial charge < -0.3 is 20.7 Å². The normalized spacial score (nSPS) is 17.8. The SMILES string of the molecule is CSc1nc(C(=O)NCC2CCCN2C(=O)OC(C)(C)C)c(N)s1. The van der Waals surface area contributed by atoms with Crippen molar-refractivity contribution in [2.75, 3.05) is 25.1 Å². The minimum atomic E-state index is -0.531. The van der Waals surface area contributed by atoms with Gasteiger partial charge in [-0.3, -0.25) is 4.79 Å². The van der Waals surface area contributed by atoms with Crippen molar-refractivity contribution in [3.05, 3.63) is 5.69 Å². The first-order valence-corrected chi connectivity index (χ1v) is 9.83. The van der Waals surface area contributed by atoms with Crippen LogP contribution in [0.15, 0.2) is 4.34 Å². The van der Waals surface area contributed by atoms with Crippen LogP contribution >= 0.6 is 23.1 Å². The molecule has 1 fully saturated rings. The molecule has 7 nitrogen and oxygen atoms in total. The number of thioether (sulfide) groups is 1. The van der Waals surface area contributed by atoms with Crippen LogP contribution in [0, 0.1) is 0 Å². The molecule has 0 aromatic carbocycles. The monoisotopic (exact) mass is 372 g/mol. The summed E-state index contributed by atoms with van der Waals surface area (Å²) in [7, 11) is 0. The Bertz CT molecular complexity index is 612. The van der Waals surface area contributed by atoms with Gasteiger partial charge >= 0.3 is 6.09 Å². The Morgan fingerprint density at radius 1 is 1.50 bits per heavy atom. The topological polar surface area (TPSA) is 97.5 Å². The van der Waals surface area contributed by atoms with E-state index >= 15 is 0 Å². The fourth-order valence-corrected chi connectivity index (χ4v) is 3.81. The van der Waals surface area contributed by atoms with Crippen LogP contribution in [0.2, 0.25) is 0 Å². The van der Waals surface area contributed by atoms with E-state index in [1.54, 1.807) is 4.90 Å². The minimum absolute atomic E-state index is 0.0660. The third-order valence-corrected chi connectivity index (χ3v) is 5.40. The smallest absolute Gasteiger partial charge is 0.410 e.